The summed E-state index contributed by atoms with van der Waals surface area (Å²) in [6.45, 7) is 7.52. The number of nitrogens with zero attached hydrogens (tertiary/aromatic N) is 1. The fourth-order valence-corrected chi connectivity index (χ4v) is 2.53. The van der Waals surface area contributed by atoms with Crippen molar-refractivity contribution in [1.82, 2.24) is 10.2 Å². The fourth-order valence-electron chi connectivity index (χ4n) is 1.60. The molecular weight excluding hydrogens is 298 g/mol. The Labute approximate surface area is 124 Å². The average Bonchev–Trinajstić information content (AvgIpc) is 2.76. The molecule has 9 heteroatoms. The van der Waals surface area contributed by atoms with Crippen LogP contribution in [0, 0.1) is 0 Å². The van der Waals surface area contributed by atoms with Crippen molar-refractivity contribution in [3.05, 3.63) is 11.4 Å². The van der Waals surface area contributed by atoms with Gasteiger partial charge in [-0.3, -0.25) is 5.10 Å². The van der Waals surface area contributed by atoms with Crippen molar-refractivity contribution >= 4 is 16.0 Å². The molecule has 21 heavy (non-hydrogen) atoms. The first-order chi connectivity index (χ1) is 9.56. The Kier molecular flexibility index (Phi) is 5.48. The van der Waals surface area contributed by atoms with E-state index in [1.807, 2.05) is 20.8 Å². The highest BCUT2D eigenvalue weighted by Crippen LogP contribution is 2.18. The Hall–Kier alpha value is -1.45. The lowest BCUT2D eigenvalue weighted by Gasteiger charge is -2.19. The summed E-state index contributed by atoms with van der Waals surface area (Å²) in [6, 6.07) is 0. The number of esters is 1. The minimum absolute atomic E-state index is 0.00548. The summed E-state index contributed by atoms with van der Waals surface area (Å²) >= 11 is 0. The van der Waals surface area contributed by atoms with Gasteiger partial charge in [-0.2, -0.15) is 5.10 Å². The number of nitrogens with one attached hydrogen (secondary N) is 1. The van der Waals surface area contributed by atoms with Crippen LogP contribution in [0.2, 0.25) is 0 Å². The second-order valence-electron chi connectivity index (χ2n) is 5.38. The number of carbonyl (C=O) groups excluding carboxylic acids is 1. The highest BCUT2D eigenvalue weighted by atomic mass is 32.2. The number of aryl methyl sites for hydroxylation is 1. The predicted molar refractivity (Wildman–Crippen MR) is 75.3 cm³/mol. The molecule has 0 aliphatic rings. The van der Waals surface area contributed by atoms with Gasteiger partial charge in [0.25, 0.3) is 0 Å². The first kappa shape index (κ1) is 17.6. The van der Waals surface area contributed by atoms with Crippen LogP contribution < -0.4 is 5.14 Å². The Balaban J connectivity index is 2.78. The molecule has 1 aromatic heterocycles. The van der Waals surface area contributed by atoms with E-state index in [1.54, 1.807) is 6.92 Å². The van der Waals surface area contributed by atoms with E-state index < -0.39 is 16.0 Å². The topological polar surface area (TPSA) is 124 Å². The third-order valence-electron chi connectivity index (χ3n) is 2.47. The van der Waals surface area contributed by atoms with E-state index in [-0.39, 0.29) is 35.1 Å². The normalized spacial score (nSPS) is 12.4. The van der Waals surface area contributed by atoms with Crippen LogP contribution in [-0.2, 0) is 25.9 Å². The molecule has 0 atom stereocenters. The van der Waals surface area contributed by atoms with E-state index in [2.05, 4.69) is 10.2 Å². The molecule has 0 amide bonds. The summed E-state index contributed by atoms with van der Waals surface area (Å²) < 4.78 is 33.4. The lowest BCUT2D eigenvalue weighted by molar-refractivity contribution is -0.0284. The van der Waals surface area contributed by atoms with E-state index in [0.29, 0.717) is 6.42 Å². The van der Waals surface area contributed by atoms with Crippen molar-refractivity contribution in [2.75, 3.05) is 13.2 Å². The molecule has 0 aliphatic carbocycles. The Morgan fingerprint density at radius 1 is 1.33 bits per heavy atom. The molecule has 1 rings (SSSR count). The van der Waals surface area contributed by atoms with Gasteiger partial charge >= 0.3 is 5.97 Å². The highest BCUT2D eigenvalue weighted by Gasteiger charge is 2.27. The number of carbonyl (C=O) groups is 1. The summed E-state index contributed by atoms with van der Waals surface area (Å²) in [6.07, 6.45) is 0.346. The van der Waals surface area contributed by atoms with Gasteiger partial charge in [-0.25, -0.2) is 18.4 Å². The number of nitrogens with two attached hydrogens (primary N) is 1. The lowest BCUT2D eigenvalue weighted by Crippen LogP contribution is -2.23. The lowest BCUT2D eigenvalue weighted by atomic mass is 10.2. The van der Waals surface area contributed by atoms with E-state index in [9.17, 15) is 13.2 Å². The van der Waals surface area contributed by atoms with Gasteiger partial charge < -0.3 is 9.47 Å². The maximum Gasteiger partial charge on any atom is 0.360 e. The molecule has 1 aromatic rings. The van der Waals surface area contributed by atoms with Crippen LogP contribution in [0.15, 0.2) is 4.90 Å². The number of primary sulfonamides is 1. The van der Waals surface area contributed by atoms with Gasteiger partial charge in [0.05, 0.1) is 17.9 Å². The van der Waals surface area contributed by atoms with Crippen molar-refractivity contribution in [1.29, 1.82) is 0 Å². The molecule has 0 fully saturated rings. The largest absolute Gasteiger partial charge is 0.458 e. The third-order valence-corrected chi connectivity index (χ3v) is 3.48. The molecule has 8 nitrogen and oxygen atoms in total. The zero-order valence-corrected chi connectivity index (χ0v) is 13.4. The summed E-state index contributed by atoms with van der Waals surface area (Å²) in [5, 5.41) is 11.3. The van der Waals surface area contributed by atoms with Gasteiger partial charge in [0.15, 0.2) is 5.69 Å². The molecule has 0 aliphatic heterocycles. The third kappa shape index (κ3) is 5.10. The average molecular weight is 319 g/mol. The summed E-state index contributed by atoms with van der Waals surface area (Å²) in [5.41, 5.74) is -0.402. The van der Waals surface area contributed by atoms with Crippen molar-refractivity contribution in [2.45, 2.75) is 44.6 Å². The number of sulfonamides is 1. The smallest absolute Gasteiger partial charge is 0.360 e. The van der Waals surface area contributed by atoms with Crippen LogP contribution in [0.25, 0.3) is 0 Å². The minimum atomic E-state index is -4.06. The van der Waals surface area contributed by atoms with Crippen LogP contribution in [0.3, 0.4) is 0 Å². The summed E-state index contributed by atoms with van der Waals surface area (Å²) in [4.78, 5) is 11.6. The Bertz CT molecular complexity index is 601. The molecule has 0 aromatic carbocycles. The molecule has 0 radical (unpaired) electrons. The molecule has 0 spiro atoms. The van der Waals surface area contributed by atoms with Gasteiger partial charge in [-0.05, 0) is 27.2 Å². The van der Waals surface area contributed by atoms with E-state index in [1.165, 1.54) is 0 Å². The molecule has 0 unspecified atom stereocenters. The molecular formula is C12H21N3O5S. The van der Waals surface area contributed by atoms with Crippen LogP contribution in [-0.4, -0.2) is 43.4 Å². The monoisotopic (exact) mass is 319 g/mol. The number of aromatic nitrogens is 2. The van der Waals surface area contributed by atoms with E-state index in [4.69, 9.17) is 14.6 Å². The Morgan fingerprint density at radius 3 is 2.43 bits per heavy atom. The van der Waals surface area contributed by atoms with Crippen molar-refractivity contribution < 1.29 is 22.7 Å². The van der Waals surface area contributed by atoms with E-state index >= 15 is 0 Å². The molecule has 1 heterocycles. The fraction of sp³-hybridized carbons (Fsp3) is 0.667. The molecule has 0 bridgehead atoms. The number of aromatic amines is 1. The number of rotatable bonds is 6. The molecule has 3 N–H and O–H groups in total. The maximum atomic E-state index is 11.9. The van der Waals surface area contributed by atoms with Gasteiger partial charge in [0.2, 0.25) is 10.0 Å². The number of hydrogen-bond acceptors (Lipinski definition) is 6. The van der Waals surface area contributed by atoms with Gasteiger partial charge in [-0.15, -0.1) is 0 Å². The summed E-state index contributed by atoms with van der Waals surface area (Å²) in [5.74, 6) is -0.854. The van der Waals surface area contributed by atoms with E-state index in [0.717, 1.165) is 0 Å². The maximum absolute atomic E-state index is 11.9. The first-order valence-electron chi connectivity index (χ1n) is 6.47. The van der Waals surface area contributed by atoms with Gasteiger partial charge in [0.1, 0.15) is 11.5 Å². The van der Waals surface area contributed by atoms with Crippen LogP contribution >= 0.6 is 0 Å². The zero-order valence-electron chi connectivity index (χ0n) is 12.6. The predicted octanol–water partition coefficient (Wildman–Crippen LogP) is 0.591. The molecule has 120 valence electrons. The van der Waals surface area contributed by atoms with Gasteiger partial charge in [-0.1, -0.05) is 6.92 Å². The van der Waals surface area contributed by atoms with Crippen LogP contribution in [0.4, 0.5) is 0 Å². The Morgan fingerprint density at radius 2 is 1.95 bits per heavy atom. The molecule has 0 saturated carbocycles. The quantitative estimate of drug-likeness (QED) is 0.584. The second kappa shape index (κ2) is 6.54. The van der Waals surface area contributed by atoms with Crippen LogP contribution in [0.1, 0.15) is 43.9 Å². The SMILES string of the molecule is CCc1[nH]nc(C(=O)OCCOC(C)(C)C)c1S(N)(=O)=O. The minimum Gasteiger partial charge on any atom is -0.458 e. The summed E-state index contributed by atoms with van der Waals surface area (Å²) in [7, 11) is -4.06. The number of ether oxygens (including phenoxy) is 2. The number of hydrogen-bond donors (Lipinski definition) is 2. The van der Waals surface area contributed by atoms with Crippen molar-refractivity contribution in [3.63, 3.8) is 0 Å². The van der Waals surface area contributed by atoms with Crippen LogP contribution in [0.5, 0.6) is 0 Å². The highest BCUT2D eigenvalue weighted by molar-refractivity contribution is 7.89. The first-order valence-corrected chi connectivity index (χ1v) is 8.02. The standard InChI is InChI=1S/C12H21N3O5S/c1-5-8-10(21(13,17)18)9(15-14-8)11(16)19-6-7-20-12(2,3)4/h5-7H2,1-4H3,(H,14,15)(H2,13,17,18). The van der Waals surface area contributed by atoms with Gasteiger partial charge in [0, 0.05) is 0 Å². The van der Waals surface area contributed by atoms with Crippen molar-refractivity contribution in [3.8, 4) is 0 Å². The molecule has 0 saturated heterocycles. The number of H-pyrrole nitrogens is 1. The zero-order chi connectivity index (χ0) is 16.3. The van der Waals surface area contributed by atoms with Crippen molar-refractivity contribution in [2.24, 2.45) is 5.14 Å². The second-order valence-corrected chi connectivity index (χ2v) is 6.87.